The molecule has 0 bridgehead atoms. The minimum absolute atomic E-state index is 0.145. The van der Waals surface area contributed by atoms with Gasteiger partial charge in [0.2, 0.25) is 0 Å². The topological polar surface area (TPSA) is 55.6 Å². The van der Waals surface area contributed by atoms with Gasteiger partial charge in [-0.25, -0.2) is 0 Å². The largest absolute Gasteiger partial charge is 0.365 e. The molecule has 2 rings (SSSR count). The Morgan fingerprint density at radius 3 is 2.67 bits per heavy atom. The van der Waals surface area contributed by atoms with E-state index in [1.807, 2.05) is 11.8 Å². The van der Waals surface area contributed by atoms with Crippen LogP contribution in [0, 0.1) is 0 Å². The van der Waals surface area contributed by atoms with Crippen LogP contribution in [0.2, 0.25) is 0 Å². The molecule has 1 aliphatic carbocycles. The number of carbonyl (C=O) groups is 1. The summed E-state index contributed by atoms with van der Waals surface area (Å²) in [5.74, 6) is 0.152. The summed E-state index contributed by atoms with van der Waals surface area (Å²) < 4.78 is 5.98. The Balaban J connectivity index is 1.87. The molecule has 2 aliphatic rings. The van der Waals surface area contributed by atoms with Crippen molar-refractivity contribution in [2.45, 2.75) is 70.1 Å². The first-order valence-electron chi connectivity index (χ1n) is 7.40. The van der Waals surface area contributed by atoms with E-state index in [4.69, 9.17) is 10.5 Å². The highest BCUT2D eigenvalue weighted by atomic mass is 16.5. The SMILES string of the molecule is CCC(OC1CCCC1)C(=O)N1CCCC(N)C1. The predicted octanol–water partition coefficient (Wildman–Crippen LogP) is 1.67. The van der Waals surface area contributed by atoms with Crippen LogP contribution in [0.25, 0.3) is 0 Å². The molecule has 0 aromatic carbocycles. The third-order valence-electron chi connectivity index (χ3n) is 4.07. The van der Waals surface area contributed by atoms with Crippen LogP contribution in [-0.4, -0.2) is 42.1 Å². The van der Waals surface area contributed by atoms with Crippen molar-refractivity contribution >= 4 is 5.91 Å². The van der Waals surface area contributed by atoms with Gasteiger partial charge in [-0.15, -0.1) is 0 Å². The van der Waals surface area contributed by atoms with Crippen LogP contribution in [0.4, 0.5) is 0 Å². The van der Waals surface area contributed by atoms with Gasteiger partial charge in [0, 0.05) is 19.1 Å². The molecule has 4 nitrogen and oxygen atoms in total. The van der Waals surface area contributed by atoms with E-state index in [0.717, 1.165) is 38.6 Å². The first-order chi connectivity index (χ1) is 8.70. The molecule has 18 heavy (non-hydrogen) atoms. The van der Waals surface area contributed by atoms with Crippen molar-refractivity contribution in [2.24, 2.45) is 5.73 Å². The third-order valence-corrected chi connectivity index (χ3v) is 4.07. The third kappa shape index (κ3) is 3.45. The lowest BCUT2D eigenvalue weighted by Gasteiger charge is -2.33. The summed E-state index contributed by atoms with van der Waals surface area (Å²) in [6, 6.07) is 0.145. The van der Waals surface area contributed by atoms with Crippen LogP contribution in [0.5, 0.6) is 0 Å². The standard InChI is InChI=1S/C14H26N2O2/c1-2-13(18-12-7-3-4-8-12)14(17)16-9-5-6-11(15)10-16/h11-13H,2-10,15H2,1H3. The van der Waals surface area contributed by atoms with Gasteiger partial charge in [-0.1, -0.05) is 19.8 Å². The maximum Gasteiger partial charge on any atom is 0.251 e. The van der Waals surface area contributed by atoms with Crippen molar-refractivity contribution in [2.75, 3.05) is 13.1 Å². The fraction of sp³-hybridized carbons (Fsp3) is 0.929. The van der Waals surface area contributed by atoms with E-state index >= 15 is 0 Å². The summed E-state index contributed by atoms with van der Waals surface area (Å²) in [5, 5.41) is 0. The van der Waals surface area contributed by atoms with E-state index in [1.54, 1.807) is 0 Å². The van der Waals surface area contributed by atoms with Crippen LogP contribution in [0.15, 0.2) is 0 Å². The van der Waals surface area contributed by atoms with Crippen molar-refractivity contribution in [1.82, 2.24) is 4.90 Å². The molecule has 2 unspecified atom stereocenters. The zero-order valence-corrected chi connectivity index (χ0v) is 11.4. The molecule has 104 valence electrons. The molecule has 2 atom stereocenters. The molecule has 1 saturated carbocycles. The monoisotopic (exact) mass is 254 g/mol. The number of likely N-dealkylation sites (tertiary alicyclic amines) is 1. The summed E-state index contributed by atoms with van der Waals surface area (Å²) in [6.45, 7) is 3.57. The molecule has 0 spiro atoms. The van der Waals surface area contributed by atoms with Crippen molar-refractivity contribution in [3.8, 4) is 0 Å². The van der Waals surface area contributed by atoms with Crippen LogP contribution in [0.3, 0.4) is 0 Å². The molecule has 0 aromatic rings. The highest BCUT2D eigenvalue weighted by Crippen LogP contribution is 2.24. The van der Waals surface area contributed by atoms with Crippen LogP contribution >= 0.6 is 0 Å². The highest BCUT2D eigenvalue weighted by Gasteiger charge is 2.30. The van der Waals surface area contributed by atoms with Crippen LogP contribution in [-0.2, 0) is 9.53 Å². The second kappa shape index (κ2) is 6.53. The zero-order valence-electron chi connectivity index (χ0n) is 11.4. The van der Waals surface area contributed by atoms with Crippen molar-refractivity contribution < 1.29 is 9.53 Å². The fourth-order valence-corrected chi connectivity index (χ4v) is 3.00. The minimum Gasteiger partial charge on any atom is -0.365 e. The van der Waals surface area contributed by atoms with Crippen molar-refractivity contribution in [3.63, 3.8) is 0 Å². The second-order valence-electron chi connectivity index (χ2n) is 5.63. The number of ether oxygens (including phenoxy) is 1. The van der Waals surface area contributed by atoms with Gasteiger partial charge in [0.25, 0.3) is 5.91 Å². The Kier molecular flexibility index (Phi) is 5.01. The molecule has 4 heteroatoms. The van der Waals surface area contributed by atoms with E-state index in [9.17, 15) is 4.79 Å². The van der Waals surface area contributed by atoms with Gasteiger partial charge in [-0.3, -0.25) is 4.79 Å². The number of carbonyl (C=O) groups excluding carboxylic acids is 1. The number of hydrogen-bond acceptors (Lipinski definition) is 3. The summed E-state index contributed by atoms with van der Waals surface area (Å²) in [7, 11) is 0. The average molecular weight is 254 g/mol. The Morgan fingerprint density at radius 2 is 2.06 bits per heavy atom. The van der Waals surface area contributed by atoms with Crippen LogP contribution in [0.1, 0.15) is 51.9 Å². The predicted molar refractivity (Wildman–Crippen MR) is 71.2 cm³/mol. The molecule has 0 aromatic heterocycles. The number of nitrogens with two attached hydrogens (primary N) is 1. The number of nitrogens with zero attached hydrogens (tertiary/aromatic N) is 1. The maximum absolute atomic E-state index is 12.4. The summed E-state index contributed by atoms with van der Waals surface area (Å²) in [5.41, 5.74) is 5.93. The summed E-state index contributed by atoms with van der Waals surface area (Å²) in [4.78, 5) is 14.3. The first-order valence-corrected chi connectivity index (χ1v) is 7.40. The zero-order chi connectivity index (χ0) is 13.0. The Morgan fingerprint density at radius 1 is 1.33 bits per heavy atom. The molecular weight excluding hydrogens is 228 g/mol. The van der Waals surface area contributed by atoms with Gasteiger partial charge in [0.1, 0.15) is 6.10 Å². The van der Waals surface area contributed by atoms with E-state index in [1.165, 1.54) is 12.8 Å². The van der Waals surface area contributed by atoms with Gasteiger partial charge in [0.15, 0.2) is 0 Å². The molecular formula is C14H26N2O2. The summed E-state index contributed by atoms with van der Waals surface area (Å²) in [6.07, 6.45) is 7.58. The number of hydrogen-bond donors (Lipinski definition) is 1. The smallest absolute Gasteiger partial charge is 0.251 e. The molecule has 1 aliphatic heterocycles. The van der Waals surface area contributed by atoms with Crippen molar-refractivity contribution in [3.05, 3.63) is 0 Å². The number of rotatable bonds is 4. The lowest BCUT2D eigenvalue weighted by atomic mass is 10.1. The van der Waals surface area contributed by atoms with Crippen LogP contribution < -0.4 is 5.73 Å². The number of amides is 1. The lowest BCUT2D eigenvalue weighted by molar-refractivity contribution is -0.149. The van der Waals surface area contributed by atoms with Crippen molar-refractivity contribution in [1.29, 1.82) is 0 Å². The average Bonchev–Trinajstić information content (AvgIpc) is 2.88. The molecule has 2 fully saturated rings. The summed E-state index contributed by atoms with van der Waals surface area (Å²) >= 11 is 0. The van der Waals surface area contributed by atoms with Gasteiger partial charge in [0.05, 0.1) is 6.10 Å². The molecule has 1 heterocycles. The Bertz CT molecular complexity index is 277. The minimum atomic E-state index is -0.251. The van der Waals surface area contributed by atoms with Gasteiger partial charge >= 0.3 is 0 Å². The Labute approximate surface area is 110 Å². The Hall–Kier alpha value is -0.610. The molecule has 1 amide bonds. The molecule has 2 N–H and O–H groups in total. The van der Waals surface area contributed by atoms with E-state index < -0.39 is 0 Å². The molecule has 0 radical (unpaired) electrons. The van der Waals surface area contributed by atoms with E-state index in [2.05, 4.69) is 0 Å². The van der Waals surface area contributed by atoms with E-state index in [0.29, 0.717) is 12.6 Å². The first kappa shape index (κ1) is 13.8. The lowest BCUT2D eigenvalue weighted by Crippen LogP contribution is -2.50. The van der Waals surface area contributed by atoms with E-state index in [-0.39, 0.29) is 18.1 Å². The van der Waals surface area contributed by atoms with Gasteiger partial charge in [-0.05, 0) is 32.1 Å². The van der Waals surface area contributed by atoms with Gasteiger partial charge < -0.3 is 15.4 Å². The highest BCUT2D eigenvalue weighted by molar-refractivity contribution is 5.81. The second-order valence-corrected chi connectivity index (χ2v) is 5.63. The fourth-order valence-electron chi connectivity index (χ4n) is 3.00. The molecule has 1 saturated heterocycles. The van der Waals surface area contributed by atoms with Gasteiger partial charge in [-0.2, -0.15) is 0 Å². The maximum atomic E-state index is 12.4. The normalized spacial score (nSPS) is 27.4. The number of piperidine rings is 1. The quantitative estimate of drug-likeness (QED) is 0.830.